The number of anilines is 1. The van der Waals surface area contributed by atoms with E-state index in [1.807, 2.05) is 25.1 Å². The smallest absolute Gasteiger partial charge is 0.253 e. The summed E-state index contributed by atoms with van der Waals surface area (Å²) in [5, 5.41) is 0. The number of carbonyl (C=O) groups is 2. The molecule has 1 aliphatic rings. The van der Waals surface area contributed by atoms with Gasteiger partial charge in [-0.1, -0.05) is 19.1 Å². The molecule has 1 aromatic rings. The monoisotopic (exact) mass is 247 g/mol. The molecule has 0 aliphatic carbocycles. The van der Waals surface area contributed by atoms with E-state index < -0.39 is 0 Å². The number of benzene rings is 1. The first-order valence-corrected chi connectivity index (χ1v) is 6.24. The van der Waals surface area contributed by atoms with Crippen molar-refractivity contribution < 1.29 is 14.3 Å². The second-order valence-corrected chi connectivity index (χ2v) is 4.29. The zero-order valence-corrected chi connectivity index (χ0v) is 10.5. The van der Waals surface area contributed by atoms with Gasteiger partial charge in [-0.25, -0.2) is 0 Å². The predicted molar refractivity (Wildman–Crippen MR) is 68.9 cm³/mol. The minimum atomic E-state index is -0.0802. The number of amides is 1. The van der Waals surface area contributed by atoms with Crippen LogP contribution >= 0.6 is 0 Å². The van der Waals surface area contributed by atoms with E-state index in [-0.39, 0.29) is 18.3 Å². The fraction of sp³-hybridized carbons (Fsp3) is 0.429. The molecule has 0 atom stereocenters. The van der Waals surface area contributed by atoms with Crippen LogP contribution in [0.15, 0.2) is 24.3 Å². The highest BCUT2D eigenvalue weighted by molar-refractivity contribution is 6.08. The predicted octanol–water partition coefficient (Wildman–Crippen LogP) is 2.03. The normalized spacial score (nSPS) is 14.5. The maximum atomic E-state index is 12.0. The molecule has 0 aromatic heterocycles. The number of fused-ring (bicyclic) bond motifs is 1. The number of carbonyl (C=O) groups excluding carboxylic acids is 2. The molecule has 0 fully saturated rings. The Labute approximate surface area is 107 Å². The molecule has 0 saturated heterocycles. The van der Waals surface area contributed by atoms with Crippen LogP contribution in [-0.2, 0) is 9.53 Å². The summed E-state index contributed by atoms with van der Waals surface area (Å²) in [5.74, 6) is 0.0209. The maximum absolute atomic E-state index is 12.0. The second kappa shape index (κ2) is 5.78. The minimum absolute atomic E-state index is 0.0797. The summed E-state index contributed by atoms with van der Waals surface area (Å²) in [6.07, 6.45) is 1.28. The summed E-state index contributed by atoms with van der Waals surface area (Å²) in [4.78, 5) is 25.4. The van der Waals surface area contributed by atoms with E-state index in [9.17, 15) is 9.59 Å². The highest BCUT2D eigenvalue weighted by Gasteiger charge is 2.26. The molecule has 0 radical (unpaired) electrons. The molecule has 1 aromatic carbocycles. The number of ether oxygens (including phenoxy) is 1. The molecule has 1 aliphatic heterocycles. The number of hydrogen-bond donors (Lipinski definition) is 0. The molecule has 0 saturated carbocycles. The van der Waals surface area contributed by atoms with Crippen molar-refractivity contribution in [2.75, 3.05) is 24.7 Å². The minimum Gasteiger partial charge on any atom is -0.372 e. The molecule has 0 N–H and O–H groups in total. The van der Waals surface area contributed by atoms with Gasteiger partial charge in [0, 0.05) is 25.1 Å². The molecule has 2 rings (SSSR count). The number of ketones is 1. The van der Waals surface area contributed by atoms with Crippen molar-refractivity contribution >= 4 is 17.4 Å². The fourth-order valence-corrected chi connectivity index (χ4v) is 2.05. The van der Waals surface area contributed by atoms with E-state index >= 15 is 0 Å². The maximum Gasteiger partial charge on any atom is 0.253 e. The lowest BCUT2D eigenvalue weighted by Gasteiger charge is -2.28. The van der Waals surface area contributed by atoms with Crippen molar-refractivity contribution in [2.45, 2.75) is 19.8 Å². The van der Waals surface area contributed by atoms with Gasteiger partial charge in [-0.3, -0.25) is 9.59 Å². The van der Waals surface area contributed by atoms with Gasteiger partial charge in [-0.2, -0.15) is 0 Å². The van der Waals surface area contributed by atoms with Crippen molar-refractivity contribution in [2.24, 2.45) is 0 Å². The average molecular weight is 247 g/mol. The van der Waals surface area contributed by atoms with Gasteiger partial charge in [0.1, 0.15) is 6.61 Å². The zero-order valence-electron chi connectivity index (χ0n) is 10.5. The Morgan fingerprint density at radius 2 is 2.17 bits per heavy atom. The molecule has 96 valence electrons. The summed E-state index contributed by atoms with van der Waals surface area (Å²) in [6, 6.07) is 7.23. The molecule has 18 heavy (non-hydrogen) atoms. The summed E-state index contributed by atoms with van der Waals surface area (Å²) >= 11 is 0. The van der Waals surface area contributed by atoms with E-state index in [4.69, 9.17) is 4.74 Å². The van der Waals surface area contributed by atoms with Crippen molar-refractivity contribution in [3.63, 3.8) is 0 Å². The second-order valence-electron chi connectivity index (χ2n) is 4.29. The van der Waals surface area contributed by atoms with Gasteiger partial charge < -0.3 is 9.64 Å². The van der Waals surface area contributed by atoms with Crippen molar-refractivity contribution in [3.05, 3.63) is 29.8 Å². The Morgan fingerprint density at radius 1 is 1.39 bits per heavy atom. The molecule has 0 unspecified atom stereocenters. The highest BCUT2D eigenvalue weighted by Crippen LogP contribution is 2.26. The summed E-state index contributed by atoms with van der Waals surface area (Å²) in [5.41, 5.74) is 1.34. The SMILES string of the molecule is CCCOCC(=O)N1CCC(=O)c2ccccc21. The number of hydrogen-bond acceptors (Lipinski definition) is 3. The summed E-state index contributed by atoms with van der Waals surface area (Å²) in [7, 11) is 0. The van der Waals surface area contributed by atoms with Crippen LogP contribution in [0, 0.1) is 0 Å². The van der Waals surface area contributed by atoms with Crippen molar-refractivity contribution in [1.82, 2.24) is 0 Å². The van der Waals surface area contributed by atoms with Crippen LogP contribution < -0.4 is 4.90 Å². The first kappa shape index (κ1) is 12.8. The van der Waals surface area contributed by atoms with Crippen molar-refractivity contribution in [1.29, 1.82) is 0 Å². The Hall–Kier alpha value is -1.68. The number of nitrogens with zero attached hydrogens (tertiary/aromatic N) is 1. The standard InChI is InChI=1S/C14H17NO3/c1-2-9-18-10-14(17)15-8-7-13(16)11-5-3-4-6-12(11)15/h3-6H,2,7-10H2,1H3. The first-order valence-electron chi connectivity index (χ1n) is 6.24. The molecule has 0 spiro atoms. The average Bonchev–Trinajstić information content (AvgIpc) is 2.39. The Morgan fingerprint density at radius 3 is 2.94 bits per heavy atom. The van der Waals surface area contributed by atoms with Crippen LogP contribution in [0.25, 0.3) is 0 Å². The molecule has 4 nitrogen and oxygen atoms in total. The van der Waals surface area contributed by atoms with E-state index in [1.54, 1.807) is 11.0 Å². The molecule has 1 heterocycles. The number of rotatable bonds is 4. The molecule has 0 bridgehead atoms. The third-order valence-corrected chi connectivity index (χ3v) is 2.93. The van der Waals surface area contributed by atoms with Gasteiger partial charge in [-0.15, -0.1) is 0 Å². The van der Waals surface area contributed by atoms with Gasteiger partial charge in [-0.05, 0) is 18.6 Å². The highest BCUT2D eigenvalue weighted by atomic mass is 16.5. The zero-order chi connectivity index (χ0) is 13.0. The molecular weight excluding hydrogens is 230 g/mol. The molecular formula is C14H17NO3. The van der Waals surface area contributed by atoms with Crippen LogP contribution in [0.3, 0.4) is 0 Å². The Balaban J connectivity index is 2.13. The topological polar surface area (TPSA) is 46.6 Å². The van der Waals surface area contributed by atoms with Crippen LogP contribution in [0.2, 0.25) is 0 Å². The summed E-state index contributed by atoms with van der Waals surface area (Å²) < 4.78 is 5.26. The van der Waals surface area contributed by atoms with E-state index in [0.717, 1.165) is 6.42 Å². The Bertz CT molecular complexity index is 456. The van der Waals surface area contributed by atoms with Gasteiger partial charge in [0.05, 0.1) is 5.69 Å². The largest absolute Gasteiger partial charge is 0.372 e. The lowest BCUT2D eigenvalue weighted by Crippen LogP contribution is -2.39. The number of Topliss-reactive ketones (excluding diaryl/α,β-unsaturated/α-hetero) is 1. The van der Waals surface area contributed by atoms with Gasteiger partial charge >= 0.3 is 0 Å². The van der Waals surface area contributed by atoms with Crippen LogP contribution in [0.1, 0.15) is 30.1 Å². The number of para-hydroxylation sites is 1. The molecule has 4 heteroatoms. The third-order valence-electron chi connectivity index (χ3n) is 2.93. The lowest BCUT2D eigenvalue weighted by atomic mass is 10.0. The van der Waals surface area contributed by atoms with Crippen LogP contribution in [0.4, 0.5) is 5.69 Å². The molecule has 1 amide bonds. The van der Waals surface area contributed by atoms with Gasteiger partial charge in [0.25, 0.3) is 5.91 Å². The van der Waals surface area contributed by atoms with Crippen LogP contribution in [0.5, 0.6) is 0 Å². The van der Waals surface area contributed by atoms with E-state index in [1.165, 1.54) is 0 Å². The van der Waals surface area contributed by atoms with Crippen LogP contribution in [-0.4, -0.2) is 31.4 Å². The van der Waals surface area contributed by atoms with E-state index in [2.05, 4.69) is 0 Å². The van der Waals surface area contributed by atoms with Crippen molar-refractivity contribution in [3.8, 4) is 0 Å². The first-order chi connectivity index (χ1) is 8.74. The Kier molecular flexibility index (Phi) is 4.10. The lowest BCUT2D eigenvalue weighted by molar-refractivity contribution is -0.123. The quantitative estimate of drug-likeness (QED) is 0.765. The summed E-state index contributed by atoms with van der Waals surface area (Å²) in [6.45, 7) is 3.11. The third kappa shape index (κ3) is 2.59. The van der Waals surface area contributed by atoms with Gasteiger partial charge in [0.2, 0.25) is 0 Å². The van der Waals surface area contributed by atoms with E-state index in [0.29, 0.717) is 30.8 Å². The fourth-order valence-electron chi connectivity index (χ4n) is 2.05. The van der Waals surface area contributed by atoms with Gasteiger partial charge in [0.15, 0.2) is 5.78 Å².